The number of rotatable bonds is 3. The van der Waals surface area contributed by atoms with E-state index in [0.717, 1.165) is 32.6 Å². The molecule has 7 nitrogen and oxygen atoms in total. The van der Waals surface area contributed by atoms with Crippen LogP contribution in [0.25, 0.3) is 21.9 Å². The molecule has 0 aliphatic carbocycles. The lowest BCUT2D eigenvalue weighted by molar-refractivity contribution is 0.262. The molecule has 152 valence electrons. The van der Waals surface area contributed by atoms with E-state index in [0.29, 0.717) is 16.3 Å². The highest BCUT2D eigenvalue weighted by atomic mass is 32.1. The lowest BCUT2D eigenvalue weighted by Gasteiger charge is -2.19. The predicted molar refractivity (Wildman–Crippen MR) is 121 cm³/mol. The van der Waals surface area contributed by atoms with Crippen LogP contribution in [-0.4, -0.2) is 20.8 Å². The Morgan fingerprint density at radius 1 is 0.967 bits per heavy atom. The molecule has 0 bridgehead atoms. The number of fused-ring (bicyclic) bond motifs is 1. The number of nitrogens with zero attached hydrogens (tertiary/aromatic N) is 3. The van der Waals surface area contributed by atoms with Crippen molar-refractivity contribution < 1.29 is 4.79 Å². The second kappa shape index (κ2) is 7.72. The first-order valence-corrected chi connectivity index (χ1v) is 10.2. The van der Waals surface area contributed by atoms with Gasteiger partial charge in [0.2, 0.25) is 5.13 Å². The van der Waals surface area contributed by atoms with E-state index in [4.69, 9.17) is 0 Å². The number of anilines is 2. The van der Waals surface area contributed by atoms with Crippen molar-refractivity contribution in [3.05, 3.63) is 69.0 Å². The average molecular weight is 420 g/mol. The van der Waals surface area contributed by atoms with Crippen molar-refractivity contribution in [2.24, 2.45) is 7.05 Å². The number of aryl methyl sites for hydroxylation is 3. The van der Waals surface area contributed by atoms with Gasteiger partial charge in [0.15, 0.2) is 0 Å². The zero-order valence-electron chi connectivity index (χ0n) is 17.1. The van der Waals surface area contributed by atoms with Gasteiger partial charge in [0.1, 0.15) is 10.8 Å². The molecule has 0 unspecified atom stereocenters. The number of carbonyl (C=O) groups is 1. The summed E-state index contributed by atoms with van der Waals surface area (Å²) in [6.45, 7) is 5.81. The van der Waals surface area contributed by atoms with Gasteiger partial charge in [0.05, 0.1) is 0 Å². The zero-order valence-corrected chi connectivity index (χ0v) is 17.9. The zero-order chi connectivity index (χ0) is 21.4. The number of nitrogens with one attached hydrogen (secondary N) is 2. The second-order valence-corrected chi connectivity index (χ2v) is 8.32. The summed E-state index contributed by atoms with van der Waals surface area (Å²) in [5, 5.41) is 15.9. The highest BCUT2D eigenvalue weighted by molar-refractivity contribution is 7.15. The van der Waals surface area contributed by atoms with Gasteiger partial charge in [0.25, 0.3) is 5.56 Å². The van der Waals surface area contributed by atoms with Crippen molar-refractivity contribution in [2.45, 2.75) is 20.8 Å². The Morgan fingerprint density at radius 2 is 1.63 bits per heavy atom. The summed E-state index contributed by atoms with van der Waals surface area (Å²) in [6, 6.07) is 13.2. The van der Waals surface area contributed by atoms with Crippen LogP contribution in [0, 0.1) is 20.8 Å². The Kier molecular flexibility index (Phi) is 5.09. The Morgan fingerprint density at radius 3 is 2.27 bits per heavy atom. The number of pyridine rings is 1. The summed E-state index contributed by atoms with van der Waals surface area (Å²) in [4.78, 5) is 25.8. The minimum atomic E-state index is -0.485. The lowest BCUT2D eigenvalue weighted by atomic mass is 9.96. The molecular formula is C22H21N5O2S. The normalized spacial score (nSPS) is 10.9. The van der Waals surface area contributed by atoms with Crippen LogP contribution in [0.15, 0.2) is 47.3 Å². The average Bonchev–Trinajstić information content (AvgIpc) is 3.13. The SMILES string of the molecule is Cc1nnc(NC(=O)Nc2c(-c3ccccc3)c3cc(C)c(C)cc3c(=O)n2C)s1. The van der Waals surface area contributed by atoms with Crippen molar-refractivity contribution in [3.63, 3.8) is 0 Å². The Hall–Kier alpha value is -3.52. The number of benzene rings is 2. The maximum atomic E-state index is 13.1. The molecule has 0 fully saturated rings. The van der Waals surface area contributed by atoms with E-state index in [1.54, 1.807) is 7.05 Å². The van der Waals surface area contributed by atoms with E-state index >= 15 is 0 Å². The largest absolute Gasteiger partial charge is 0.326 e. The van der Waals surface area contributed by atoms with E-state index in [9.17, 15) is 9.59 Å². The van der Waals surface area contributed by atoms with E-state index in [-0.39, 0.29) is 5.56 Å². The van der Waals surface area contributed by atoms with Crippen LogP contribution in [0.1, 0.15) is 16.1 Å². The van der Waals surface area contributed by atoms with E-state index < -0.39 is 6.03 Å². The molecular weight excluding hydrogens is 398 g/mol. The van der Waals surface area contributed by atoms with Gasteiger partial charge in [0, 0.05) is 18.0 Å². The molecule has 0 saturated carbocycles. The molecule has 2 aromatic carbocycles. The monoisotopic (exact) mass is 419 g/mol. The first-order valence-electron chi connectivity index (χ1n) is 9.42. The summed E-state index contributed by atoms with van der Waals surface area (Å²) in [7, 11) is 1.66. The maximum absolute atomic E-state index is 13.1. The molecule has 30 heavy (non-hydrogen) atoms. The Labute approximate surface area is 177 Å². The summed E-state index contributed by atoms with van der Waals surface area (Å²) >= 11 is 1.28. The van der Waals surface area contributed by atoms with Crippen LogP contribution in [-0.2, 0) is 7.05 Å². The van der Waals surface area contributed by atoms with Gasteiger partial charge in [-0.15, -0.1) is 10.2 Å². The smallest absolute Gasteiger partial charge is 0.297 e. The number of aromatic nitrogens is 3. The first-order chi connectivity index (χ1) is 14.3. The van der Waals surface area contributed by atoms with Crippen LogP contribution in [0.3, 0.4) is 0 Å². The van der Waals surface area contributed by atoms with Crippen LogP contribution in [0.2, 0.25) is 0 Å². The molecule has 2 amide bonds. The number of carbonyl (C=O) groups excluding carboxylic acids is 1. The maximum Gasteiger partial charge on any atom is 0.326 e. The van der Waals surface area contributed by atoms with E-state index in [2.05, 4.69) is 20.8 Å². The molecule has 8 heteroatoms. The van der Waals surface area contributed by atoms with Crippen molar-refractivity contribution in [2.75, 3.05) is 10.6 Å². The van der Waals surface area contributed by atoms with Crippen LogP contribution >= 0.6 is 11.3 Å². The highest BCUT2D eigenvalue weighted by Gasteiger charge is 2.19. The third-order valence-corrected chi connectivity index (χ3v) is 5.81. The minimum absolute atomic E-state index is 0.171. The molecule has 2 N–H and O–H groups in total. The van der Waals surface area contributed by atoms with Gasteiger partial charge in [-0.2, -0.15) is 0 Å². The fourth-order valence-corrected chi connectivity index (χ4v) is 3.99. The van der Waals surface area contributed by atoms with Crippen molar-refractivity contribution >= 4 is 39.1 Å². The highest BCUT2D eigenvalue weighted by Crippen LogP contribution is 2.35. The lowest BCUT2D eigenvalue weighted by Crippen LogP contribution is -2.27. The fraction of sp³-hybridized carbons (Fsp3) is 0.182. The molecule has 0 atom stereocenters. The topological polar surface area (TPSA) is 88.9 Å². The van der Waals surface area contributed by atoms with Gasteiger partial charge in [-0.1, -0.05) is 47.7 Å². The molecule has 2 heterocycles. The minimum Gasteiger partial charge on any atom is -0.297 e. The summed E-state index contributed by atoms with van der Waals surface area (Å²) in [5.41, 5.74) is 3.65. The third-order valence-electron chi connectivity index (χ3n) is 5.05. The summed E-state index contributed by atoms with van der Waals surface area (Å²) in [6.07, 6.45) is 0. The van der Waals surface area contributed by atoms with E-state index in [1.165, 1.54) is 15.9 Å². The first kappa shape index (κ1) is 19.8. The molecule has 0 radical (unpaired) electrons. The van der Waals surface area contributed by atoms with Crippen LogP contribution in [0.4, 0.5) is 15.7 Å². The fourth-order valence-electron chi connectivity index (χ4n) is 3.40. The van der Waals surface area contributed by atoms with Gasteiger partial charge in [-0.25, -0.2) is 4.79 Å². The molecule has 2 aromatic heterocycles. The van der Waals surface area contributed by atoms with Crippen molar-refractivity contribution in [1.82, 2.24) is 14.8 Å². The van der Waals surface area contributed by atoms with E-state index in [1.807, 2.05) is 63.2 Å². The molecule has 0 spiro atoms. The standard InChI is InChI=1S/C22H21N5O2S/c1-12-10-16-17(11-13(12)2)20(28)27(4)19(18(16)15-8-6-5-7-9-15)23-21(29)24-22-26-25-14(3)30-22/h5-11H,1-4H3,(H2,23,24,26,29). The molecule has 4 aromatic rings. The molecule has 0 aliphatic heterocycles. The van der Waals surface area contributed by atoms with Crippen LogP contribution in [0.5, 0.6) is 0 Å². The van der Waals surface area contributed by atoms with Gasteiger partial charge < -0.3 is 0 Å². The summed E-state index contributed by atoms with van der Waals surface area (Å²) in [5.74, 6) is 0.417. The number of amides is 2. The van der Waals surface area contributed by atoms with Gasteiger partial charge >= 0.3 is 6.03 Å². The predicted octanol–water partition coefficient (Wildman–Crippen LogP) is 4.63. The van der Waals surface area contributed by atoms with Gasteiger partial charge in [-0.05, 0) is 48.9 Å². The van der Waals surface area contributed by atoms with Crippen molar-refractivity contribution in [1.29, 1.82) is 0 Å². The molecule has 0 aliphatic rings. The summed E-state index contributed by atoms with van der Waals surface area (Å²) < 4.78 is 1.48. The molecule has 4 rings (SSSR count). The second-order valence-electron chi connectivity index (χ2n) is 7.14. The van der Waals surface area contributed by atoms with Crippen molar-refractivity contribution in [3.8, 4) is 11.1 Å². The van der Waals surface area contributed by atoms with Crippen LogP contribution < -0.4 is 16.2 Å². The Bertz CT molecular complexity index is 1330. The molecule has 0 saturated heterocycles. The van der Waals surface area contributed by atoms with Gasteiger partial charge in [-0.3, -0.25) is 20.0 Å². The number of hydrogen-bond donors (Lipinski definition) is 2. The number of hydrogen-bond acceptors (Lipinski definition) is 5. The quantitative estimate of drug-likeness (QED) is 0.507. The Balaban J connectivity index is 1.91. The number of urea groups is 1. The third kappa shape index (κ3) is 3.57.